The molecule has 0 unspecified atom stereocenters. The first kappa shape index (κ1) is 15.1. The standard InChI is InChI=1S/C18H13N3OS2/c1-20-17(22)14(24-18(20)23)11-13-16(12-7-3-2-4-8-12)19-15-9-5-6-10-21(13)15/h2-11H,1H3. The minimum atomic E-state index is -0.0742. The number of benzene rings is 1. The number of likely N-dealkylation sites (N-methyl/N-ethyl adjacent to an activating group) is 1. The van der Waals surface area contributed by atoms with E-state index in [0.29, 0.717) is 9.23 Å². The Morgan fingerprint density at radius 1 is 1.12 bits per heavy atom. The van der Waals surface area contributed by atoms with Gasteiger partial charge in [0, 0.05) is 18.8 Å². The second-order valence-corrected chi connectivity index (χ2v) is 7.06. The zero-order valence-electron chi connectivity index (χ0n) is 12.8. The quantitative estimate of drug-likeness (QED) is 0.519. The second kappa shape index (κ2) is 5.89. The van der Waals surface area contributed by atoms with Crippen molar-refractivity contribution in [1.29, 1.82) is 0 Å². The highest BCUT2D eigenvalue weighted by Gasteiger charge is 2.29. The molecule has 1 aliphatic heterocycles. The molecule has 3 heterocycles. The molecule has 0 N–H and O–H groups in total. The molecule has 2 aromatic heterocycles. The first-order valence-corrected chi connectivity index (χ1v) is 8.62. The highest BCUT2D eigenvalue weighted by atomic mass is 32.2. The van der Waals surface area contributed by atoms with Crippen molar-refractivity contribution >= 4 is 45.9 Å². The van der Waals surface area contributed by atoms with Gasteiger partial charge in [-0.2, -0.15) is 0 Å². The normalized spacial score (nSPS) is 16.5. The van der Waals surface area contributed by atoms with Crippen LogP contribution in [0.3, 0.4) is 0 Å². The van der Waals surface area contributed by atoms with Gasteiger partial charge in [-0.15, -0.1) is 0 Å². The van der Waals surface area contributed by atoms with Gasteiger partial charge in [0.25, 0.3) is 5.91 Å². The molecule has 0 atom stereocenters. The Bertz CT molecular complexity index is 992. The Hall–Kier alpha value is -2.44. The molecule has 1 aliphatic rings. The molecular formula is C18H13N3OS2. The number of rotatable bonds is 2. The average molecular weight is 351 g/mol. The molecule has 1 aromatic carbocycles. The zero-order valence-corrected chi connectivity index (χ0v) is 14.5. The van der Waals surface area contributed by atoms with E-state index in [4.69, 9.17) is 17.2 Å². The van der Waals surface area contributed by atoms with Crippen molar-refractivity contribution in [3.05, 3.63) is 65.3 Å². The maximum atomic E-state index is 12.3. The van der Waals surface area contributed by atoms with Gasteiger partial charge in [-0.25, -0.2) is 4.98 Å². The van der Waals surface area contributed by atoms with Crippen LogP contribution < -0.4 is 0 Å². The summed E-state index contributed by atoms with van der Waals surface area (Å²) < 4.78 is 2.56. The Labute approximate surface area is 148 Å². The van der Waals surface area contributed by atoms with Crippen LogP contribution in [-0.2, 0) is 4.79 Å². The number of nitrogens with zero attached hydrogens (tertiary/aromatic N) is 3. The fraction of sp³-hybridized carbons (Fsp3) is 0.0556. The zero-order chi connectivity index (χ0) is 16.7. The molecule has 4 rings (SSSR count). The highest BCUT2D eigenvalue weighted by molar-refractivity contribution is 8.26. The summed E-state index contributed by atoms with van der Waals surface area (Å²) in [7, 11) is 1.70. The average Bonchev–Trinajstić information content (AvgIpc) is 3.09. The van der Waals surface area contributed by atoms with Crippen molar-refractivity contribution in [1.82, 2.24) is 14.3 Å². The van der Waals surface area contributed by atoms with Gasteiger partial charge >= 0.3 is 0 Å². The van der Waals surface area contributed by atoms with Gasteiger partial charge < -0.3 is 0 Å². The summed E-state index contributed by atoms with van der Waals surface area (Å²) in [4.78, 5) is 19.2. The molecule has 6 heteroatoms. The van der Waals surface area contributed by atoms with E-state index in [0.717, 1.165) is 22.6 Å². The van der Waals surface area contributed by atoms with Gasteiger partial charge in [-0.05, 0) is 18.2 Å². The van der Waals surface area contributed by atoms with Crippen LogP contribution in [0.4, 0.5) is 0 Å². The topological polar surface area (TPSA) is 37.6 Å². The second-order valence-electron chi connectivity index (χ2n) is 5.38. The minimum absolute atomic E-state index is 0.0742. The molecule has 24 heavy (non-hydrogen) atoms. The number of amides is 1. The first-order valence-electron chi connectivity index (χ1n) is 7.39. The number of carbonyl (C=O) groups is 1. The molecule has 1 saturated heterocycles. The molecule has 0 spiro atoms. The van der Waals surface area contributed by atoms with Gasteiger partial charge in [0.2, 0.25) is 0 Å². The number of hydrogen-bond donors (Lipinski definition) is 0. The van der Waals surface area contributed by atoms with Gasteiger partial charge in [-0.1, -0.05) is 60.4 Å². The number of aromatic nitrogens is 2. The SMILES string of the molecule is CN1C(=O)C(=Cc2c(-c3ccccc3)nc3ccccn23)SC1=S. The summed E-state index contributed by atoms with van der Waals surface area (Å²) in [5.41, 5.74) is 3.59. The molecule has 118 valence electrons. The largest absolute Gasteiger partial charge is 0.300 e. The fourth-order valence-corrected chi connectivity index (χ4v) is 3.79. The number of imidazole rings is 1. The van der Waals surface area contributed by atoms with Gasteiger partial charge in [0.15, 0.2) is 0 Å². The van der Waals surface area contributed by atoms with Crippen molar-refractivity contribution in [2.24, 2.45) is 0 Å². The maximum absolute atomic E-state index is 12.3. The third kappa shape index (κ3) is 2.44. The Morgan fingerprint density at radius 3 is 2.58 bits per heavy atom. The summed E-state index contributed by atoms with van der Waals surface area (Å²) in [5, 5.41) is 0. The number of thiocarbonyl (C=S) groups is 1. The van der Waals surface area contributed by atoms with Crippen LogP contribution in [0, 0.1) is 0 Å². The monoisotopic (exact) mass is 351 g/mol. The molecule has 0 saturated carbocycles. The van der Waals surface area contributed by atoms with Crippen molar-refractivity contribution in [3.63, 3.8) is 0 Å². The van der Waals surface area contributed by atoms with Crippen LogP contribution in [0.15, 0.2) is 59.6 Å². The van der Waals surface area contributed by atoms with E-state index in [1.165, 1.54) is 16.7 Å². The van der Waals surface area contributed by atoms with E-state index in [-0.39, 0.29) is 5.91 Å². The molecule has 0 aliphatic carbocycles. The lowest BCUT2D eigenvalue weighted by atomic mass is 10.1. The predicted molar refractivity (Wildman–Crippen MR) is 102 cm³/mol. The first-order chi connectivity index (χ1) is 11.6. The third-order valence-corrected chi connectivity index (χ3v) is 5.35. The van der Waals surface area contributed by atoms with Gasteiger partial charge in [0.1, 0.15) is 9.97 Å². The van der Waals surface area contributed by atoms with Crippen LogP contribution in [0.1, 0.15) is 5.69 Å². The van der Waals surface area contributed by atoms with Crippen molar-refractivity contribution in [2.75, 3.05) is 7.05 Å². The van der Waals surface area contributed by atoms with E-state index in [1.807, 2.05) is 65.2 Å². The summed E-state index contributed by atoms with van der Waals surface area (Å²) in [6.45, 7) is 0. The number of carbonyl (C=O) groups excluding carboxylic acids is 1. The van der Waals surface area contributed by atoms with Crippen LogP contribution in [0.2, 0.25) is 0 Å². The van der Waals surface area contributed by atoms with E-state index in [9.17, 15) is 4.79 Å². The Morgan fingerprint density at radius 2 is 1.88 bits per heavy atom. The molecule has 1 fully saturated rings. The van der Waals surface area contributed by atoms with Gasteiger partial charge in [-0.3, -0.25) is 14.1 Å². The number of hydrogen-bond acceptors (Lipinski definition) is 4. The molecule has 0 radical (unpaired) electrons. The van der Waals surface area contributed by atoms with Crippen LogP contribution >= 0.6 is 24.0 Å². The third-order valence-electron chi connectivity index (χ3n) is 3.87. The van der Waals surface area contributed by atoms with Crippen LogP contribution in [0.25, 0.3) is 23.0 Å². The molecule has 0 bridgehead atoms. The van der Waals surface area contributed by atoms with Crippen molar-refractivity contribution < 1.29 is 4.79 Å². The van der Waals surface area contributed by atoms with Crippen molar-refractivity contribution in [2.45, 2.75) is 0 Å². The van der Waals surface area contributed by atoms with E-state index in [2.05, 4.69) is 0 Å². The lowest BCUT2D eigenvalue weighted by Crippen LogP contribution is -2.22. The summed E-state index contributed by atoms with van der Waals surface area (Å²) in [5.74, 6) is -0.0742. The molecule has 4 nitrogen and oxygen atoms in total. The molecular weight excluding hydrogens is 338 g/mol. The Balaban J connectivity index is 1.94. The van der Waals surface area contributed by atoms with Gasteiger partial charge in [0.05, 0.1) is 16.3 Å². The number of pyridine rings is 1. The Kier molecular flexibility index (Phi) is 3.70. The summed E-state index contributed by atoms with van der Waals surface area (Å²) in [6.07, 6.45) is 3.83. The summed E-state index contributed by atoms with van der Waals surface area (Å²) >= 11 is 6.54. The van der Waals surface area contributed by atoms with E-state index in [1.54, 1.807) is 7.05 Å². The smallest absolute Gasteiger partial charge is 0.265 e. The maximum Gasteiger partial charge on any atom is 0.265 e. The van der Waals surface area contributed by atoms with Crippen molar-refractivity contribution in [3.8, 4) is 11.3 Å². The highest BCUT2D eigenvalue weighted by Crippen LogP contribution is 2.34. The minimum Gasteiger partial charge on any atom is -0.300 e. The van der Waals surface area contributed by atoms with E-state index >= 15 is 0 Å². The number of fused-ring (bicyclic) bond motifs is 1. The van der Waals surface area contributed by atoms with Crippen LogP contribution in [0.5, 0.6) is 0 Å². The lowest BCUT2D eigenvalue weighted by Gasteiger charge is -2.04. The predicted octanol–water partition coefficient (Wildman–Crippen LogP) is 3.83. The fourth-order valence-electron chi connectivity index (χ4n) is 2.63. The lowest BCUT2D eigenvalue weighted by molar-refractivity contribution is -0.121. The molecule has 1 amide bonds. The van der Waals surface area contributed by atoms with Crippen LogP contribution in [-0.4, -0.2) is 31.6 Å². The molecule has 3 aromatic rings. The van der Waals surface area contributed by atoms with E-state index < -0.39 is 0 Å². The summed E-state index contributed by atoms with van der Waals surface area (Å²) in [6, 6.07) is 15.8. The number of thioether (sulfide) groups is 1.